The van der Waals surface area contributed by atoms with Crippen molar-refractivity contribution in [2.45, 2.75) is 62.3 Å². The number of carboxylic acids is 1. The topological polar surface area (TPSA) is 212 Å². The van der Waals surface area contributed by atoms with Crippen LogP contribution in [0.2, 0.25) is 0 Å². The third-order valence-corrected chi connectivity index (χ3v) is 5.92. The summed E-state index contributed by atoms with van der Waals surface area (Å²) < 4.78 is 7.21. The largest absolute Gasteiger partial charge is 0.480 e. The second-order valence-corrected chi connectivity index (χ2v) is 7.97. The molecule has 4 rings (SSSR count). The van der Waals surface area contributed by atoms with Crippen LogP contribution < -0.4 is 16.8 Å². The van der Waals surface area contributed by atoms with Crippen molar-refractivity contribution in [2.75, 3.05) is 5.73 Å². The van der Waals surface area contributed by atoms with Crippen LogP contribution in [0.3, 0.4) is 0 Å². The van der Waals surface area contributed by atoms with Crippen molar-refractivity contribution in [2.24, 2.45) is 11.7 Å². The van der Waals surface area contributed by atoms with Crippen molar-refractivity contribution in [3.8, 4) is 0 Å². The van der Waals surface area contributed by atoms with Gasteiger partial charge in [0, 0.05) is 12.5 Å². The van der Waals surface area contributed by atoms with Gasteiger partial charge in [0.25, 0.3) is 0 Å². The molecule has 1 saturated heterocycles. The molecule has 1 aliphatic heterocycles. The molecule has 0 spiro atoms. The lowest BCUT2D eigenvalue weighted by molar-refractivity contribution is -0.207. The Kier molecular flexibility index (Phi) is 5.75. The Morgan fingerprint density at radius 3 is 2.74 bits per heavy atom. The van der Waals surface area contributed by atoms with E-state index in [4.69, 9.17) is 16.2 Å². The number of nitrogens with two attached hydrogens (primary N) is 2. The second-order valence-electron chi connectivity index (χ2n) is 7.97. The molecule has 7 atom stereocenters. The molecule has 2 aliphatic rings. The number of aromatic nitrogens is 4. The van der Waals surface area contributed by atoms with Crippen LogP contribution in [-0.2, 0) is 14.3 Å². The molecule has 1 aliphatic carbocycles. The van der Waals surface area contributed by atoms with Gasteiger partial charge in [0.15, 0.2) is 17.9 Å². The molecule has 168 valence electrons. The van der Waals surface area contributed by atoms with Crippen LogP contribution in [0.1, 0.15) is 31.9 Å². The number of carbonyl (C=O) groups is 2. The first-order valence-corrected chi connectivity index (χ1v) is 10.0. The van der Waals surface area contributed by atoms with Gasteiger partial charge in [-0.2, -0.15) is 4.98 Å². The van der Waals surface area contributed by atoms with Crippen LogP contribution in [0.4, 0.5) is 5.95 Å². The number of rotatable bonds is 5. The lowest BCUT2D eigenvalue weighted by Crippen LogP contribution is -2.57. The van der Waals surface area contributed by atoms with E-state index in [2.05, 4.69) is 20.3 Å². The van der Waals surface area contributed by atoms with E-state index in [1.807, 2.05) is 0 Å². The first kappa shape index (κ1) is 21.4. The summed E-state index contributed by atoms with van der Waals surface area (Å²) in [5, 5.41) is 33.2. The third kappa shape index (κ3) is 4.04. The Hall–Kier alpha value is -2.87. The molecule has 13 nitrogen and oxygen atoms in total. The molecule has 1 saturated carbocycles. The third-order valence-electron chi connectivity index (χ3n) is 5.92. The summed E-state index contributed by atoms with van der Waals surface area (Å²) in [6, 6.07) is -1.77. The van der Waals surface area contributed by atoms with Gasteiger partial charge in [0.05, 0.1) is 30.7 Å². The van der Waals surface area contributed by atoms with Gasteiger partial charge in [-0.25, -0.2) is 14.8 Å². The predicted molar refractivity (Wildman–Crippen MR) is 105 cm³/mol. The lowest BCUT2D eigenvalue weighted by Gasteiger charge is -2.40. The van der Waals surface area contributed by atoms with Gasteiger partial charge in [-0.15, -0.1) is 0 Å². The molecule has 13 heteroatoms. The average molecular weight is 435 g/mol. The number of carbonyl (C=O) groups excluding carboxylic acids is 1. The number of carboxylic acid groups (broad SMARTS) is 1. The highest BCUT2D eigenvalue weighted by atomic mass is 16.5. The summed E-state index contributed by atoms with van der Waals surface area (Å²) in [4.78, 5) is 36.6. The molecule has 3 heterocycles. The average Bonchev–Trinajstić information content (AvgIpc) is 3.33. The summed E-state index contributed by atoms with van der Waals surface area (Å²) in [7, 11) is 0. The minimum Gasteiger partial charge on any atom is -0.480 e. The molecular weight excluding hydrogens is 410 g/mol. The van der Waals surface area contributed by atoms with Gasteiger partial charge in [-0.05, 0) is 12.8 Å². The zero-order chi connectivity index (χ0) is 22.3. The molecule has 0 bridgehead atoms. The molecule has 8 N–H and O–H groups in total. The highest BCUT2D eigenvalue weighted by Crippen LogP contribution is 2.32. The Balaban J connectivity index is 1.59. The number of amides is 1. The highest BCUT2D eigenvalue weighted by Gasteiger charge is 2.45. The van der Waals surface area contributed by atoms with Crippen molar-refractivity contribution >= 4 is 29.0 Å². The van der Waals surface area contributed by atoms with Gasteiger partial charge in [0.2, 0.25) is 11.9 Å². The van der Waals surface area contributed by atoms with Crippen LogP contribution in [0.25, 0.3) is 11.2 Å². The van der Waals surface area contributed by atoms with Crippen molar-refractivity contribution in [1.82, 2.24) is 24.8 Å². The molecule has 0 aromatic carbocycles. The maximum Gasteiger partial charge on any atom is 0.328 e. The lowest BCUT2D eigenvalue weighted by atomic mass is 9.95. The molecule has 2 aromatic rings. The monoisotopic (exact) mass is 435 g/mol. The van der Waals surface area contributed by atoms with E-state index in [0.29, 0.717) is 18.4 Å². The van der Waals surface area contributed by atoms with E-state index >= 15 is 0 Å². The number of ether oxygens (including phenoxy) is 1. The predicted octanol–water partition coefficient (Wildman–Crippen LogP) is -1.89. The first-order chi connectivity index (χ1) is 14.8. The van der Waals surface area contributed by atoms with E-state index in [1.165, 1.54) is 17.1 Å². The minimum absolute atomic E-state index is 0.0276. The molecular formula is C18H25N7O6. The number of nitrogens with one attached hydrogen (secondary N) is 1. The molecule has 2 aromatic heterocycles. The SMILES string of the molecule is Nc1ncc2ncn([C@@H]3O[C@H]([C@H](NC(=O)[C@@H]4CCC[C@@H]4N)C(=O)O)C[C@H](O)[C@H]3O)c2n1. The fraction of sp³-hybridized carbons (Fsp3) is 0.611. The Morgan fingerprint density at radius 2 is 2.06 bits per heavy atom. The zero-order valence-corrected chi connectivity index (χ0v) is 16.5. The number of aliphatic carboxylic acids is 1. The number of anilines is 1. The molecule has 2 fully saturated rings. The molecule has 31 heavy (non-hydrogen) atoms. The number of aliphatic hydroxyl groups is 2. The maximum absolute atomic E-state index is 12.6. The number of aliphatic hydroxyl groups excluding tert-OH is 2. The Labute approximate surface area is 176 Å². The first-order valence-electron chi connectivity index (χ1n) is 10.0. The Morgan fingerprint density at radius 1 is 1.29 bits per heavy atom. The summed E-state index contributed by atoms with van der Waals surface area (Å²) in [6.07, 6.45) is -0.447. The van der Waals surface area contributed by atoms with Crippen molar-refractivity contribution in [3.05, 3.63) is 12.5 Å². The standard InChI is InChI=1S/C18H25N7O6/c19-8-3-1-2-7(8)15(28)23-12(17(29)30)11-4-10(26)13(27)16(31-11)25-6-22-9-5-21-18(20)24-14(9)25/h5-8,10-13,16,26-27H,1-4,19H2,(H,23,28)(H,29,30)(H2,20,21,24)/t7-,8+,10+,11+,12+,13-,16-/m1/s1. The van der Waals surface area contributed by atoms with E-state index in [0.717, 1.165) is 6.42 Å². The number of nitrogen functional groups attached to an aromatic ring is 1. The Bertz CT molecular complexity index is 983. The van der Waals surface area contributed by atoms with Gasteiger partial charge in [-0.3, -0.25) is 9.36 Å². The molecule has 1 amide bonds. The summed E-state index contributed by atoms with van der Waals surface area (Å²) in [6.45, 7) is 0. The zero-order valence-electron chi connectivity index (χ0n) is 16.5. The van der Waals surface area contributed by atoms with Crippen molar-refractivity contribution in [1.29, 1.82) is 0 Å². The van der Waals surface area contributed by atoms with Gasteiger partial charge >= 0.3 is 5.97 Å². The van der Waals surface area contributed by atoms with E-state index < -0.39 is 48.4 Å². The minimum atomic E-state index is -1.44. The number of hydrogen-bond acceptors (Lipinski definition) is 10. The van der Waals surface area contributed by atoms with Gasteiger partial charge < -0.3 is 36.8 Å². The van der Waals surface area contributed by atoms with Crippen LogP contribution in [0, 0.1) is 5.92 Å². The van der Waals surface area contributed by atoms with Crippen LogP contribution >= 0.6 is 0 Å². The normalized spacial score (nSPS) is 32.1. The maximum atomic E-state index is 12.6. The van der Waals surface area contributed by atoms with Crippen LogP contribution in [-0.4, -0.2) is 77.1 Å². The smallest absolute Gasteiger partial charge is 0.328 e. The molecule has 0 radical (unpaired) electrons. The van der Waals surface area contributed by atoms with Crippen LogP contribution in [0.15, 0.2) is 12.5 Å². The number of nitrogens with zero attached hydrogens (tertiary/aromatic N) is 4. The summed E-state index contributed by atoms with van der Waals surface area (Å²) in [5.74, 6) is -2.30. The van der Waals surface area contributed by atoms with E-state index in [9.17, 15) is 24.9 Å². The van der Waals surface area contributed by atoms with E-state index in [-0.39, 0.29) is 24.1 Å². The fourth-order valence-electron chi connectivity index (χ4n) is 4.24. The fourth-order valence-corrected chi connectivity index (χ4v) is 4.24. The number of fused-ring (bicyclic) bond motifs is 1. The van der Waals surface area contributed by atoms with E-state index in [1.54, 1.807) is 0 Å². The van der Waals surface area contributed by atoms with Crippen molar-refractivity contribution < 1.29 is 29.6 Å². The number of hydrogen-bond donors (Lipinski definition) is 6. The summed E-state index contributed by atoms with van der Waals surface area (Å²) >= 11 is 0. The van der Waals surface area contributed by atoms with Crippen LogP contribution in [0.5, 0.6) is 0 Å². The van der Waals surface area contributed by atoms with Crippen molar-refractivity contribution in [3.63, 3.8) is 0 Å². The van der Waals surface area contributed by atoms with Gasteiger partial charge in [0.1, 0.15) is 11.6 Å². The highest BCUT2D eigenvalue weighted by molar-refractivity contribution is 5.86. The summed E-state index contributed by atoms with van der Waals surface area (Å²) in [5.41, 5.74) is 12.2. The molecule has 0 unspecified atom stereocenters. The number of imidazole rings is 1. The van der Waals surface area contributed by atoms with Gasteiger partial charge in [-0.1, -0.05) is 6.42 Å². The second kappa shape index (κ2) is 8.34. The quantitative estimate of drug-likeness (QED) is 0.305.